The van der Waals surface area contributed by atoms with Crippen LogP contribution in [0.5, 0.6) is 5.88 Å². The molecule has 0 aliphatic heterocycles. The van der Waals surface area contributed by atoms with Crippen molar-refractivity contribution in [3.8, 4) is 5.88 Å². The average molecular weight is 534 g/mol. The molecule has 0 aliphatic carbocycles. The van der Waals surface area contributed by atoms with Crippen LogP contribution in [0.3, 0.4) is 0 Å². The van der Waals surface area contributed by atoms with Gasteiger partial charge in [0.2, 0.25) is 5.88 Å². The lowest BCUT2D eigenvalue weighted by molar-refractivity contribution is 0.0996. The first-order valence-corrected chi connectivity index (χ1v) is 12.2. The molecule has 35 heavy (non-hydrogen) atoms. The first-order valence-electron chi connectivity index (χ1n) is 11.1. The van der Waals surface area contributed by atoms with Gasteiger partial charge in [-0.1, -0.05) is 25.4 Å². The summed E-state index contributed by atoms with van der Waals surface area (Å²) in [7, 11) is 0. The van der Waals surface area contributed by atoms with Crippen molar-refractivity contribution in [2.24, 2.45) is 11.7 Å². The lowest BCUT2D eigenvalue weighted by Crippen LogP contribution is -2.31. The van der Waals surface area contributed by atoms with Crippen LogP contribution >= 0.6 is 23.1 Å². The summed E-state index contributed by atoms with van der Waals surface area (Å²) in [5.74, 6) is -2.51. The highest BCUT2D eigenvalue weighted by molar-refractivity contribution is 7.11. The lowest BCUT2D eigenvalue weighted by Gasteiger charge is -2.13. The van der Waals surface area contributed by atoms with Crippen LogP contribution < -0.4 is 26.4 Å². The van der Waals surface area contributed by atoms with Crippen molar-refractivity contribution in [2.75, 3.05) is 25.0 Å². The highest BCUT2D eigenvalue weighted by atomic mass is 35.5. The van der Waals surface area contributed by atoms with E-state index in [0.717, 1.165) is 30.2 Å². The fraction of sp³-hybridized carbons (Fsp3) is 0.500. The minimum absolute atomic E-state index is 0.0358. The molecule has 2 aromatic rings. The Morgan fingerprint density at radius 2 is 1.91 bits per heavy atom. The molecule has 2 rings (SSSR count). The average Bonchev–Trinajstić information content (AvgIpc) is 3.15. The van der Waals surface area contributed by atoms with Crippen LogP contribution in [-0.2, 0) is 6.61 Å². The zero-order valence-corrected chi connectivity index (χ0v) is 21.1. The van der Waals surface area contributed by atoms with E-state index in [1.807, 2.05) is 0 Å². The third-order valence-corrected chi connectivity index (χ3v) is 5.74. The number of aliphatic hydroxyl groups is 1. The maximum absolute atomic E-state index is 14.0. The van der Waals surface area contributed by atoms with Gasteiger partial charge in [-0.2, -0.15) is 4.37 Å². The van der Waals surface area contributed by atoms with Gasteiger partial charge in [-0.05, 0) is 55.4 Å². The number of carbonyl (C=O) groups is 2. The fourth-order valence-corrected chi connectivity index (χ4v) is 3.95. The van der Waals surface area contributed by atoms with Gasteiger partial charge in [0.1, 0.15) is 28.8 Å². The largest absolute Gasteiger partial charge is 0.471 e. The Kier molecular flexibility index (Phi) is 11.6. The Morgan fingerprint density at radius 1 is 1.23 bits per heavy atom. The van der Waals surface area contributed by atoms with Crippen LogP contribution in [0.15, 0.2) is 12.1 Å². The standard InChI is InChI=1S/C22H30ClF2N5O4S/c1-12(2)9-27-10-14(31)5-3-4-6-28-22(33)29-21-18(19(26)32)20(30-35-21)34-11-15-16(24)7-13(23)8-17(15)25/h7-8,12,14,27,31H,3-6,9-11H2,1-2H3,(H2,26,32)(H2,28,29,33). The van der Waals surface area contributed by atoms with Crippen molar-refractivity contribution in [1.29, 1.82) is 0 Å². The zero-order chi connectivity index (χ0) is 26.0. The minimum Gasteiger partial charge on any atom is -0.471 e. The number of urea groups is 1. The summed E-state index contributed by atoms with van der Waals surface area (Å²) in [5.41, 5.74) is 4.78. The van der Waals surface area contributed by atoms with E-state index >= 15 is 0 Å². The van der Waals surface area contributed by atoms with Crippen molar-refractivity contribution >= 4 is 40.1 Å². The molecule has 0 radical (unpaired) electrons. The summed E-state index contributed by atoms with van der Waals surface area (Å²) >= 11 is 6.34. The topological polar surface area (TPSA) is 139 Å². The van der Waals surface area contributed by atoms with Gasteiger partial charge in [-0.3, -0.25) is 10.1 Å². The number of primary amides is 1. The van der Waals surface area contributed by atoms with E-state index in [2.05, 4.69) is 34.2 Å². The number of anilines is 1. The van der Waals surface area contributed by atoms with Crippen molar-refractivity contribution in [3.05, 3.63) is 39.9 Å². The molecule has 0 spiro atoms. The van der Waals surface area contributed by atoms with Gasteiger partial charge in [0, 0.05) is 18.1 Å². The molecule has 0 bridgehead atoms. The molecule has 1 atom stereocenters. The van der Waals surface area contributed by atoms with E-state index < -0.39 is 41.8 Å². The third-order valence-electron chi connectivity index (χ3n) is 4.78. The molecule has 6 N–H and O–H groups in total. The molecule has 13 heteroatoms. The van der Waals surface area contributed by atoms with Crippen LogP contribution in [0.4, 0.5) is 18.6 Å². The highest BCUT2D eigenvalue weighted by Crippen LogP contribution is 2.31. The number of aliphatic hydroxyl groups excluding tert-OH is 1. The second kappa shape index (κ2) is 14.1. The molecule has 194 valence electrons. The molecule has 3 amide bonds. The number of aromatic nitrogens is 1. The number of unbranched alkanes of at least 4 members (excludes halogenated alkanes) is 1. The Hall–Kier alpha value is -2.54. The van der Waals surface area contributed by atoms with Gasteiger partial charge in [0.15, 0.2) is 0 Å². The number of nitrogens with zero attached hydrogens (tertiary/aromatic N) is 1. The number of halogens is 3. The zero-order valence-electron chi connectivity index (χ0n) is 19.5. The molecule has 1 heterocycles. The molecule has 1 aromatic heterocycles. The number of nitrogens with two attached hydrogens (primary N) is 1. The number of amides is 3. The second-order valence-corrected chi connectivity index (χ2v) is 9.49. The SMILES string of the molecule is CC(C)CNCC(O)CCCCNC(=O)Nc1snc(OCc2c(F)cc(Cl)cc2F)c1C(N)=O. The number of nitrogens with one attached hydrogen (secondary N) is 3. The normalized spacial score (nSPS) is 12.0. The first-order chi connectivity index (χ1) is 16.6. The molecule has 1 aromatic carbocycles. The van der Waals surface area contributed by atoms with E-state index in [4.69, 9.17) is 22.1 Å². The molecule has 0 saturated heterocycles. The van der Waals surface area contributed by atoms with Crippen LogP contribution in [-0.4, -0.2) is 47.2 Å². The lowest BCUT2D eigenvalue weighted by atomic mass is 10.1. The Morgan fingerprint density at radius 3 is 2.54 bits per heavy atom. The highest BCUT2D eigenvalue weighted by Gasteiger charge is 2.23. The van der Waals surface area contributed by atoms with Crippen LogP contribution in [0.1, 0.15) is 49.0 Å². The smallest absolute Gasteiger partial charge is 0.319 e. The Labute approximate surface area is 211 Å². The number of rotatable bonds is 14. The second-order valence-electron chi connectivity index (χ2n) is 8.28. The summed E-state index contributed by atoms with van der Waals surface area (Å²) in [6, 6.07) is 1.28. The third kappa shape index (κ3) is 9.55. The molecule has 0 fully saturated rings. The Balaban J connectivity index is 1.82. The molecular weight excluding hydrogens is 504 g/mol. The minimum atomic E-state index is -0.929. The molecule has 9 nitrogen and oxygen atoms in total. The van der Waals surface area contributed by atoms with E-state index in [1.165, 1.54) is 0 Å². The fourth-order valence-electron chi connectivity index (χ4n) is 3.02. The number of benzene rings is 1. The van der Waals surface area contributed by atoms with E-state index in [9.17, 15) is 23.5 Å². The summed E-state index contributed by atoms with van der Waals surface area (Å²) in [5, 5.41) is 18.2. The van der Waals surface area contributed by atoms with Gasteiger partial charge in [0.25, 0.3) is 5.91 Å². The summed E-state index contributed by atoms with van der Waals surface area (Å²) in [6.07, 6.45) is 1.51. The molecular formula is C22H30ClF2N5O4S. The maximum atomic E-state index is 14.0. The van der Waals surface area contributed by atoms with Crippen molar-refractivity contribution < 1.29 is 28.2 Å². The summed E-state index contributed by atoms with van der Waals surface area (Å²) in [4.78, 5) is 24.1. The number of carbonyl (C=O) groups excluding carboxylic acids is 2. The van der Waals surface area contributed by atoms with E-state index in [0.29, 0.717) is 38.3 Å². The number of hydrogen-bond acceptors (Lipinski definition) is 7. The monoisotopic (exact) mass is 533 g/mol. The van der Waals surface area contributed by atoms with Crippen LogP contribution in [0.2, 0.25) is 5.02 Å². The van der Waals surface area contributed by atoms with Gasteiger partial charge in [0.05, 0.1) is 11.7 Å². The first kappa shape index (κ1) is 28.7. The number of hydrogen-bond donors (Lipinski definition) is 5. The van der Waals surface area contributed by atoms with E-state index in [1.54, 1.807) is 0 Å². The van der Waals surface area contributed by atoms with Gasteiger partial charge in [-0.15, -0.1) is 0 Å². The summed E-state index contributed by atoms with van der Waals surface area (Å²) in [6.45, 7) is 5.32. The predicted molar refractivity (Wildman–Crippen MR) is 131 cm³/mol. The van der Waals surface area contributed by atoms with Gasteiger partial charge < -0.3 is 26.2 Å². The van der Waals surface area contributed by atoms with Crippen molar-refractivity contribution in [1.82, 2.24) is 15.0 Å². The molecule has 0 saturated carbocycles. The summed E-state index contributed by atoms with van der Waals surface area (Å²) < 4.78 is 37.1. The predicted octanol–water partition coefficient (Wildman–Crippen LogP) is 3.65. The van der Waals surface area contributed by atoms with Gasteiger partial charge >= 0.3 is 6.03 Å². The van der Waals surface area contributed by atoms with Crippen LogP contribution in [0, 0.1) is 17.6 Å². The quantitative estimate of drug-likeness (QED) is 0.235. The van der Waals surface area contributed by atoms with Gasteiger partial charge in [-0.25, -0.2) is 13.6 Å². The maximum Gasteiger partial charge on any atom is 0.319 e. The molecule has 1 unspecified atom stereocenters. The Bertz CT molecular complexity index is 985. The number of ether oxygens (including phenoxy) is 1. The van der Waals surface area contributed by atoms with Crippen LogP contribution in [0.25, 0.3) is 0 Å². The van der Waals surface area contributed by atoms with Crippen molar-refractivity contribution in [2.45, 2.75) is 45.8 Å². The van der Waals surface area contributed by atoms with E-state index in [-0.39, 0.29) is 21.5 Å². The van der Waals surface area contributed by atoms with Crippen molar-refractivity contribution in [3.63, 3.8) is 0 Å². The molecule has 0 aliphatic rings.